The Kier molecular flexibility index (Phi) is 4.27. The quantitative estimate of drug-likeness (QED) is 0.492. The monoisotopic (exact) mass is 289 g/mol. The number of benzene rings is 2. The summed E-state index contributed by atoms with van der Waals surface area (Å²) in [5.41, 5.74) is 1.32. The molecule has 2 aromatic carbocycles. The molecule has 0 aliphatic heterocycles. The Bertz CT molecular complexity index is 683. The van der Waals surface area contributed by atoms with Crippen molar-refractivity contribution in [1.29, 1.82) is 0 Å². The van der Waals surface area contributed by atoms with Gasteiger partial charge in [-0.05, 0) is 29.7 Å². The number of nitro groups is 1. The highest BCUT2D eigenvalue weighted by Crippen LogP contribution is 2.21. The number of methoxy groups -OCH3 is 1. The number of esters is 1. The van der Waals surface area contributed by atoms with Gasteiger partial charge in [0, 0.05) is 12.1 Å². The van der Waals surface area contributed by atoms with Crippen LogP contribution in [0.5, 0.6) is 0 Å². The second kappa shape index (κ2) is 6.13. The molecule has 2 rings (SSSR count). The van der Waals surface area contributed by atoms with Crippen molar-refractivity contribution >= 4 is 11.7 Å². The lowest BCUT2D eigenvalue weighted by Gasteiger charge is -2.08. The number of hydrogen-bond acceptors (Lipinski definition) is 4. The minimum Gasteiger partial charge on any atom is -0.465 e. The van der Waals surface area contributed by atoms with E-state index in [-0.39, 0.29) is 17.1 Å². The maximum atomic E-state index is 12.9. The van der Waals surface area contributed by atoms with Gasteiger partial charge in [0.2, 0.25) is 0 Å². The fraction of sp³-hybridized carbons (Fsp3) is 0.133. The van der Waals surface area contributed by atoms with E-state index < -0.39 is 10.9 Å². The number of non-ortho nitro benzene ring substituents is 1. The van der Waals surface area contributed by atoms with Gasteiger partial charge in [-0.3, -0.25) is 10.1 Å². The predicted molar refractivity (Wildman–Crippen MR) is 73.6 cm³/mol. The van der Waals surface area contributed by atoms with Crippen LogP contribution in [0.25, 0.3) is 0 Å². The number of halogens is 1. The molecule has 21 heavy (non-hydrogen) atoms. The number of carbonyl (C=O) groups is 1. The fourth-order valence-electron chi connectivity index (χ4n) is 1.95. The molecule has 0 fully saturated rings. The molecule has 0 unspecified atom stereocenters. The SMILES string of the molecule is COC(=O)c1cc([N+](=O)[O-])ccc1Cc1ccc(F)cc1. The lowest BCUT2D eigenvalue weighted by molar-refractivity contribution is -0.384. The molecule has 0 atom stereocenters. The van der Waals surface area contributed by atoms with Crippen LogP contribution >= 0.6 is 0 Å². The van der Waals surface area contributed by atoms with Gasteiger partial charge >= 0.3 is 5.97 Å². The van der Waals surface area contributed by atoms with Gasteiger partial charge in [0.05, 0.1) is 17.6 Å². The van der Waals surface area contributed by atoms with Crippen LogP contribution in [0.4, 0.5) is 10.1 Å². The molecule has 0 N–H and O–H groups in total. The minimum atomic E-state index is -0.643. The minimum absolute atomic E-state index is 0.135. The Labute approximate surface area is 120 Å². The largest absolute Gasteiger partial charge is 0.465 e. The second-order valence-corrected chi connectivity index (χ2v) is 4.39. The Morgan fingerprint density at radius 3 is 2.48 bits per heavy atom. The lowest BCUT2D eigenvalue weighted by Crippen LogP contribution is -2.07. The number of hydrogen-bond donors (Lipinski definition) is 0. The summed E-state index contributed by atoms with van der Waals surface area (Å²) in [6.07, 6.45) is 0.350. The summed E-state index contributed by atoms with van der Waals surface area (Å²) < 4.78 is 17.5. The van der Waals surface area contributed by atoms with Crippen molar-refractivity contribution < 1.29 is 18.8 Å². The molecular weight excluding hydrogens is 277 g/mol. The molecule has 0 spiro atoms. The number of carbonyl (C=O) groups excluding carboxylic acids is 1. The van der Waals surface area contributed by atoms with E-state index in [1.54, 1.807) is 12.1 Å². The molecule has 0 aromatic heterocycles. The van der Waals surface area contributed by atoms with Gasteiger partial charge in [0.25, 0.3) is 5.69 Å². The molecule has 6 heteroatoms. The van der Waals surface area contributed by atoms with Crippen molar-refractivity contribution in [1.82, 2.24) is 0 Å². The summed E-state index contributed by atoms with van der Waals surface area (Å²) in [7, 11) is 1.21. The normalized spacial score (nSPS) is 10.2. The number of ether oxygens (including phenoxy) is 1. The number of rotatable bonds is 4. The van der Waals surface area contributed by atoms with E-state index >= 15 is 0 Å². The molecule has 0 heterocycles. The van der Waals surface area contributed by atoms with Gasteiger partial charge in [-0.15, -0.1) is 0 Å². The Balaban J connectivity index is 2.40. The van der Waals surface area contributed by atoms with Crippen molar-refractivity contribution in [2.45, 2.75) is 6.42 Å². The zero-order valence-electron chi connectivity index (χ0n) is 11.2. The predicted octanol–water partition coefficient (Wildman–Crippen LogP) is 3.11. The first kappa shape index (κ1) is 14.6. The van der Waals surface area contributed by atoms with E-state index in [0.717, 1.165) is 5.56 Å². The highest BCUT2D eigenvalue weighted by Gasteiger charge is 2.17. The van der Waals surface area contributed by atoms with Crippen molar-refractivity contribution in [2.75, 3.05) is 7.11 Å². The molecule has 2 aromatic rings. The smallest absolute Gasteiger partial charge is 0.338 e. The first-order valence-electron chi connectivity index (χ1n) is 6.11. The van der Waals surface area contributed by atoms with Crippen molar-refractivity contribution in [2.24, 2.45) is 0 Å². The molecular formula is C15H12FNO4. The van der Waals surface area contributed by atoms with Gasteiger partial charge in [-0.2, -0.15) is 0 Å². The summed E-state index contributed by atoms with van der Waals surface area (Å²) in [4.78, 5) is 22.0. The zero-order chi connectivity index (χ0) is 15.4. The van der Waals surface area contributed by atoms with E-state index in [1.807, 2.05) is 0 Å². The summed E-state index contributed by atoms with van der Waals surface area (Å²) in [6, 6.07) is 9.84. The van der Waals surface area contributed by atoms with Gasteiger partial charge < -0.3 is 4.74 Å². The van der Waals surface area contributed by atoms with E-state index in [9.17, 15) is 19.3 Å². The van der Waals surface area contributed by atoms with Crippen molar-refractivity contribution in [3.8, 4) is 0 Å². The van der Waals surface area contributed by atoms with E-state index in [2.05, 4.69) is 4.74 Å². The van der Waals surface area contributed by atoms with Crippen molar-refractivity contribution in [3.05, 3.63) is 75.1 Å². The second-order valence-electron chi connectivity index (χ2n) is 4.39. The van der Waals surface area contributed by atoms with Gasteiger partial charge in [-0.25, -0.2) is 9.18 Å². The van der Waals surface area contributed by atoms with Gasteiger partial charge in [0.15, 0.2) is 0 Å². The van der Waals surface area contributed by atoms with Crippen LogP contribution in [0, 0.1) is 15.9 Å². The Morgan fingerprint density at radius 1 is 1.24 bits per heavy atom. The number of nitro benzene ring substituents is 1. The average molecular weight is 289 g/mol. The highest BCUT2D eigenvalue weighted by molar-refractivity contribution is 5.92. The maximum Gasteiger partial charge on any atom is 0.338 e. The molecule has 0 amide bonds. The summed E-state index contributed by atoms with van der Waals surface area (Å²) in [5, 5.41) is 10.8. The maximum absolute atomic E-state index is 12.9. The molecule has 0 saturated heterocycles. The zero-order valence-corrected chi connectivity index (χ0v) is 11.2. The Hall–Kier alpha value is -2.76. The van der Waals surface area contributed by atoms with Crippen molar-refractivity contribution in [3.63, 3.8) is 0 Å². The van der Waals surface area contributed by atoms with Gasteiger partial charge in [-0.1, -0.05) is 18.2 Å². The van der Waals surface area contributed by atoms with Crippen LogP contribution < -0.4 is 0 Å². The first-order chi connectivity index (χ1) is 10.0. The number of nitrogens with zero attached hydrogens (tertiary/aromatic N) is 1. The molecule has 108 valence electrons. The van der Waals surface area contributed by atoms with Crippen LogP contribution in [0.2, 0.25) is 0 Å². The van der Waals surface area contributed by atoms with Crippen LogP contribution in [-0.4, -0.2) is 18.0 Å². The van der Waals surface area contributed by atoms with Gasteiger partial charge in [0.1, 0.15) is 5.82 Å². The molecule has 0 aliphatic carbocycles. The fourth-order valence-corrected chi connectivity index (χ4v) is 1.95. The highest BCUT2D eigenvalue weighted by atomic mass is 19.1. The van der Waals surface area contributed by atoms with Crippen LogP contribution in [0.1, 0.15) is 21.5 Å². The third kappa shape index (κ3) is 3.42. The average Bonchev–Trinajstić information content (AvgIpc) is 2.49. The van der Waals surface area contributed by atoms with E-state index in [4.69, 9.17) is 0 Å². The first-order valence-corrected chi connectivity index (χ1v) is 6.11. The van der Waals surface area contributed by atoms with Crippen LogP contribution in [0.3, 0.4) is 0 Å². The molecule has 0 aliphatic rings. The molecule has 0 bridgehead atoms. The molecule has 0 radical (unpaired) electrons. The third-order valence-corrected chi connectivity index (χ3v) is 3.02. The third-order valence-electron chi connectivity index (χ3n) is 3.02. The van der Waals surface area contributed by atoms with E-state index in [1.165, 1.54) is 37.4 Å². The summed E-state index contributed by atoms with van der Waals surface area (Å²) >= 11 is 0. The summed E-state index contributed by atoms with van der Waals surface area (Å²) in [5.74, 6) is -0.994. The van der Waals surface area contributed by atoms with Crippen LogP contribution in [0.15, 0.2) is 42.5 Å². The van der Waals surface area contributed by atoms with Crippen LogP contribution in [-0.2, 0) is 11.2 Å². The summed E-state index contributed by atoms with van der Waals surface area (Å²) in [6.45, 7) is 0. The van der Waals surface area contributed by atoms with E-state index in [0.29, 0.717) is 12.0 Å². The molecule has 5 nitrogen and oxygen atoms in total. The Morgan fingerprint density at radius 2 is 1.90 bits per heavy atom. The lowest BCUT2D eigenvalue weighted by atomic mass is 9.99. The molecule has 0 saturated carbocycles. The topological polar surface area (TPSA) is 69.4 Å². The standard InChI is InChI=1S/C15H12FNO4/c1-21-15(18)14-9-13(17(19)20)7-4-11(14)8-10-2-5-12(16)6-3-10/h2-7,9H,8H2,1H3.